The molecule has 1 atom stereocenters. The molecule has 0 radical (unpaired) electrons. The lowest BCUT2D eigenvalue weighted by molar-refractivity contribution is -0.124. The summed E-state index contributed by atoms with van der Waals surface area (Å²) in [6.07, 6.45) is 2.91. The Morgan fingerprint density at radius 2 is 1.94 bits per heavy atom. The number of anilines is 1. The van der Waals surface area contributed by atoms with E-state index in [9.17, 15) is 4.79 Å². The molecular formula is C27H30ClN3O. The summed E-state index contributed by atoms with van der Waals surface area (Å²) in [6.45, 7) is 7.75. The number of rotatable bonds is 8. The first-order chi connectivity index (χ1) is 15.4. The highest BCUT2D eigenvalue weighted by Gasteiger charge is 2.49. The van der Waals surface area contributed by atoms with Gasteiger partial charge in [-0.1, -0.05) is 50.6 Å². The van der Waals surface area contributed by atoms with Crippen molar-refractivity contribution in [2.75, 3.05) is 4.90 Å². The number of carbonyl (C=O) groups excluding carboxylic acids is 1. The minimum atomic E-state index is -0.467. The zero-order valence-electron chi connectivity index (χ0n) is 19.1. The van der Waals surface area contributed by atoms with Crippen LogP contribution in [-0.2, 0) is 23.3 Å². The molecule has 1 aliphatic rings. The van der Waals surface area contributed by atoms with E-state index < -0.39 is 5.41 Å². The van der Waals surface area contributed by atoms with Gasteiger partial charge in [0.05, 0.1) is 18.0 Å². The Kier molecular flexibility index (Phi) is 6.31. The van der Waals surface area contributed by atoms with E-state index in [0.717, 1.165) is 53.7 Å². The number of aryl methyl sites for hydroxylation is 1. The monoisotopic (exact) mass is 447 g/mol. The van der Waals surface area contributed by atoms with Crippen molar-refractivity contribution >= 4 is 34.1 Å². The van der Waals surface area contributed by atoms with Gasteiger partial charge in [-0.25, -0.2) is 0 Å². The van der Waals surface area contributed by atoms with Crippen LogP contribution in [0.1, 0.15) is 57.7 Å². The van der Waals surface area contributed by atoms with Crippen molar-refractivity contribution in [3.05, 3.63) is 64.8 Å². The predicted octanol–water partition coefficient (Wildman–Crippen LogP) is 6.84. The smallest absolute Gasteiger partial charge is 0.238 e. The van der Waals surface area contributed by atoms with Gasteiger partial charge in [-0.05, 0) is 61.1 Å². The Balaban J connectivity index is 1.78. The number of amides is 1. The van der Waals surface area contributed by atoms with E-state index in [-0.39, 0.29) is 5.91 Å². The zero-order chi connectivity index (χ0) is 22.9. The summed E-state index contributed by atoms with van der Waals surface area (Å²) in [7, 11) is 0. The Morgan fingerprint density at radius 1 is 1.16 bits per heavy atom. The fraction of sp³-hybridized carbons (Fsp3) is 0.407. The summed E-state index contributed by atoms with van der Waals surface area (Å²) in [4.78, 5) is 15.9. The lowest BCUT2D eigenvalue weighted by atomic mass is 9.73. The first-order valence-corrected chi connectivity index (χ1v) is 11.8. The number of para-hydroxylation sites is 1. The number of benzene rings is 2. The number of hydrogen-bond donors (Lipinski definition) is 0. The van der Waals surface area contributed by atoms with Gasteiger partial charge in [-0.15, -0.1) is 0 Å². The molecule has 0 aliphatic carbocycles. The first-order valence-electron chi connectivity index (χ1n) is 11.5. The molecule has 0 spiro atoms. The third-order valence-electron chi connectivity index (χ3n) is 6.66. The summed E-state index contributed by atoms with van der Waals surface area (Å²) in [5.74, 6) is 0.619. The van der Waals surface area contributed by atoms with Crippen LogP contribution in [0.25, 0.3) is 10.9 Å². The van der Waals surface area contributed by atoms with Gasteiger partial charge in [0.2, 0.25) is 5.91 Å². The van der Waals surface area contributed by atoms with Crippen LogP contribution in [-0.4, -0.2) is 10.5 Å². The molecule has 5 heteroatoms. The van der Waals surface area contributed by atoms with Crippen molar-refractivity contribution in [1.29, 1.82) is 5.26 Å². The Hall–Kier alpha value is -2.77. The molecule has 32 heavy (non-hydrogen) atoms. The molecule has 1 unspecified atom stereocenters. The van der Waals surface area contributed by atoms with E-state index in [1.54, 1.807) is 0 Å². The fourth-order valence-electron chi connectivity index (χ4n) is 5.31. The molecule has 0 N–H and O–H groups in total. The summed E-state index contributed by atoms with van der Waals surface area (Å²) in [6, 6.07) is 18.5. The van der Waals surface area contributed by atoms with Gasteiger partial charge in [-0.3, -0.25) is 4.79 Å². The summed E-state index contributed by atoms with van der Waals surface area (Å²) < 4.78 is 2.24. The van der Waals surface area contributed by atoms with Gasteiger partial charge in [0.15, 0.2) is 0 Å². The standard InChI is InChI=1S/C27H30ClN3O/c1-4-27(17-19(2)3)23-9-5-6-10-25(23)31(26(27)32)18-22-16-20-15-21(28)11-12-24(20)30(22)14-8-7-13-29/h5-6,9-12,15-16,19H,4,7-8,14,17-18H2,1-3H3. The minimum absolute atomic E-state index is 0.196. The molecule has 2 heterocycles. The highest BCUT2D eigenvalue weighted by Crippen LogP contribution is 2.48. The number of nitriles is 1. The SMILES string of the molecule is CCC1(CC(C)C)C(=O)N(Cc2cc3cc(Cl)ccc3n2CCCC#N)c2ccccc21. The van der Waals surface area contributed by atoms with Crippen LogP contribution >= 0.6 is 11.6 Å². The number of halogens is 1. The molecule has 0 bridgehead atoms. The fourth-order valence-corrected chi connectivity index (χ4v) is 5.49. The average molecular weight is 448 g/mol. The number of unbranched alkanes of at least 4 members (excludes halogenated alkanes) is 1. The molecule has 2 aromatic carbocycles. The highest BCUT2D eigenvalue weighted by atomic mass is 35.5. The largest absolute Gasteiger partial charge is 0.343 e. The minimum Gasteiger partial charge on any atom is -0.343 e. The number of aromatic nitrogens is 1. The molecule has 4 rings (SSSR count). The lowest BCUT2D eigenvalue weighted by Crippen LogP contribution is -2.41. The second kappa shape index (κ2) is 9.00. The van der Waals surface area contributed by atoms with E-state index in [1.807, 2.05) is 35.2 Å². The van der Waals surface area contributed by atoms with E-state index in [2.05, 4.69) is 49.6 Å². The van der Waals surface area contributed by atoms with Gasteiger partial charge in [0, 0.05) is 40.3 Å². The van der Waals surface area contributed by atoms with Gasteiger partial charge in [0.1, 0.15) is 0 Å². The topological polar surface area (TPSA) is 49.0 Å². The van der Waals surface area contributed by atoms with E-state index in [4.69, 9.17) is 16.9 Å². The number of hydrogen-bond acceptors (Lipinski definition) is 2. The van der Waals surface area contributed by atoms with Crippen LogP contribution in [0.2, 0.25) is 5.02 Å². The van der Waals surface area contributed by atoms with E-state index >= 15 is 0 Å². The van der Waals surface area contributed by atoms with Crippen molar-refractivity contribution in [3.8, 4) is 6.07 Å². The normalized spacial score (nSPS) is 17.9. The lowest BCUT2D eigenvalue weighted by Gasteiger charge is -2.29. The number of carbonyl (C=O) groups is 1. The van der Waals surface area contributed by atoms with Crippen LogP contribution < -0.4 is 4.90 Å². The van der Waals surface area contributed by atoms with Crippen molar-refractivity contribution in [1.82, 2.24) is 4.57 Å². The molecule has 1 amide bonds. The maximum atomic E-state index is 13.9. The second-order valence-electron chi connectivity index (χ2n) is 9.19. The summed E-state index contributed by atoms with van der Waals surface area (Å²) >= 11 is 6.26. The zero-order valence-corrected chi connectivity index (χ0v) is 19.8. The summed E-state index contributed by atoms with van der Waals surface area (Å²) in [5, 5.41) is 10.8. The molecule has 1 aliphatic heterocycles. The average Bonchev–Trinajstić information content (AvgIpc) is 3.22. The van der Waals surface area contributed by atoms with E-state index in [1.165, 1.54) is 0 Å². The van der Waals surface area contributed by atoms with Gasteiger partial charge >= 0.3 is 0 Å². The van der Waals surface area contributed by atoms with Gasteiger partial charge in [0.25, 0.3) is 0 Å². The molecule has 0 fully saturated rings. The van der Waals surface area contributed by atoms with Crippen molar-refractivity contribution in [2.45, 2.75) is 65.0 Å². The third-order valence-corrected chi connectivity index (χ3v) is 6.90. The van der Waals surface area contributed by atoms with Crippen molar-refractivity contribution in [3.63, 3.8) is 0 Å². The van der Waals surface area contributed by atoms with Crippen LogP contribution in [0.4, 0.5) is 5.69 Å². The second-order valence-corrected chi connectivity index (χ2v) is 9.63. The van der Waals surface area contributed by atoms with Gasteiger partial charge < -0.3 is 9.47 Å². The number of nitrogens with zero attached hydrogens (tertiary/aromatic N) is 3. The highest BCUT2D eigenvalue weighted by molar-refractivity contribution is 6.31. The maximum Gasteiger partial charge on any atom is 0.238 e. The number of fused-ring (bicyclic) bond motifs is 2. The van der Waals surface area contributed by atoms with Crippen LogP contribution in [0.5, 0.6) is 0 Å². The Morgan fingerprint density at radius 3 is 2.66 bits per heavy atom. The Bertz CT molecular complexity index is 1190. The molecule has 4 nitrogen and oxygen atoms in total. The first kappa shape index (κ1) is 22.4. The van der Waals surface area contributed by atoms with Crippen LogP contribution in [0.15, 0.2) is 48.5 Å². The predicted molar refractivity (Wildman–Crippen MR) is 131 cm³/mol. The Labute approximate surface area is 195 Å². The molecule has 0 saturated carbocycles. The summed E-state index contributed by atoms with van der Waals surface area (Å²) in [5.41, 5.74) is 3.86. The maximum absolute atomic E-state index is 13.9. The molecule has 1 aromatic heterocycles. The quantitative estimate of drug-likeness (QED) is 0.355. The molecule has 0 saturated heterocycles. The van der Waals surface area contributed by atoms with Gasteiger partial charge in [-0.2, -0.15) is 5.26 Å². The van der Waals surface area contributed by atoms with Crippen LogP contribution in [0, 0.1) is 17.2 Å². The third kappa shape index (κ3) is 3.80. The van der Waals surface area contributed by atoms with Crippen molar-refractivity contribution in [2.24, 2.45) is 5.92 Å². The molecule has 3 aromatic rings. The van der Waals surface area contributed by atoms with Crippen LogP contribution in [0.3, 0.4) is 0 Å². The van der Waals surface area contributed by atoms with Crippen molar-refractivity contribution < 1.29 is 4.79 Å². The molecular weight excluding hydrogens is 418 g/mol. The van der Waals surface area contributed by atoms with E-state index in [0.29, 0.717) is 23.9 Å². The molecule has 166 valence electrons.